The number of carbonyl (C=O) groups excluding carboxylic acids is 2. The molecule has 0 bridgehead atoms. The van der Waals surface area contributed by atoms with Gasteiger partial charge < -0.3 is 4.74 Å². The monoisotopic (exact) mass is 273 g/mol. The summed E-state index contributed by atoms with van der Waals surface area (Å²) >= 11 is 0. The summed E-state index contributed by atoms with van der Waals surface area (Å²) in [6.45, 7) is 3.95. The second kappa shape index (κ2) is 6.37. The van der Waals surface area contributed by atoms with E-state index >= 15 is 0 Å². The van der Waals surface area contributed by atoms with Gasteiger partial charge in [0.1, 0.15) is 6.61 Å². The molecule has 2 rings (SSSR count). The van der Waals surface area contributed by atoms with Gasteiger partial charge in [-0.2, -0.15) is 0 Å². The second-order valence-electron chi connectivity index (χ2n) is 4.89. The predicted molar refractivity (Wildman–Crippen MR) is 76.2 cm³/mol. The number of hydrogen-bond donors (Lipinski definition) is 0. The molecule has 0 aliphatic carbocycles. The van der Waals surface area contributed by atoms with Crippen molar-refractivity contribution in [1.82, 2.24) is 4.90 Å². The molecule has 4 heteroatoms. The molecule has 2 amide bonds. The van der Waals surface area contributed by atoms with E-state index in [2.05, 4.69) is 0 Å². The van der Waals surface area contributed by atoms with Gasteiger partial charge in [-0.15, -0.1) is 0 Å². The number of benzene rings is 1. The van der Waals surface area contributed by atoms with E-state index in [1.54, 1.807) is 6.92 Å². The van der Waals surface area contributed by atoms with Crippen LogP contribution in [-0.4, -0.2) is 29.5 Å². The van der Waals surface area contributed by atoms with E-state index in [0.29, 0.717) is 12.0 Å². The molecule has 1 aromatic rings. The number of cyclic esters (lactones) is 1. The smallest absolute Gasteiger partial charge is 0.417 e. The number of nitrogens with zero attached hydrogens (tertiary/aromatic N) is 1. The Morgan fingerprint density at radius 2 is 2.10 bits per heavy atom. The fourth-order valence-corrected chi connectivity index (χ4v) is 2.33. The van der Waals surface area contributed by atoms with Crippen LogP contribution in [0.1, 0.15) is 25.8 Å². The summed E-state index contributed by atoms with van der Waals surface area (Å²) in [6.07, 6.45) is 2.68. The average molecular weight is 273 g/mol. The van der Waals surface area contributed by atoms with Crippen LogP contribution in [0.2, 0.25) is 0 Å². The van der Waals surface area contributed by atoms with E-state index < -0.39 is 6.09 Å². The van der Waals surface area contributed by atoms with Crippen LogP contribution in [0.3, 0.4) is 0 Å². The van der Waals surface area contributed by atoms with Crippen molar-refractivity contribution in [3.05, 3.63) is 47.5 Å². The number of hydrogen-bond acceptors (Lipinski definition) is 3. The Labute approximate surface area is 119 Å². The third kappa shape index (κ3) is 3.07. The molecule has 0 aromatic heterocycles. The van der Waals surface area contributed by atoms with Crippen LogP contribution >= 0.6 is 0 Å². The predicted octanol–water partition coefficient (Wildman–Crippen LogP) is 2.93. The number of allylic oxidation sites excluding steroid dienone is 1. The number of imide groups is 1. The minimum absolute atomic E-state index is 0.224. The van der Waals surface area contributed by atoms with Crippen molar-refractivity contribution in [2.75, 3.05) is 6.61 Å². The van der Waals surface area contributed by atoms with Gasteiger partial charge in [0, 0.05) is 5.57 Å². The highest BCUT2D eigenvalue weighted by Crippen LogP contribution is 2.19. The van der Waals surface area contributed by atoms with Crippen LogP contribution in [0.25, 0.3) is 0 Å². The minimum atomic E-state index is -0.542. The molecule has 0 radical (unpaired) electrons. The van der Waals surface area contributed by atoms with Crippen LogP contribution in [-0.2, 0) is 16.0 Å². The third-order valence-electron chi connectivity index (χ3n) is 3.34. The largest absolute Gasteiger partial charge is 0.447 e. The van der Waals surface area contributed by atoms with Gasteiger partial charge in [0.05, 0.1) is 6.04 Å². The summed E-state index contributed by atoms with van der Waals surface area (Å²) < 4.78 is 5.04. The molecule has 1 aromatic carbocycles. The summed E-state index contributed by atoms with van der Waals surface area (Å²) in [7, 11) is 0. The average Bonchev–Trinajstić information content (AvgIpc) is 2.80. The zero-order valence-corrected chi connectivity index (χ0v) is 11.8. The first-order chi connectivity index (χ1) is 9.63. The van der Waals surface area contributed by atoms with E-state index in [-0.39, 0.29) is 18.6 Å². The molecule has 1 aliphatic rings. The van der Waals surface area contributed by atoms with Gasteiger partial charge >= 0.3 is 6.09 Å². The quantitative estimate of drug-likeness (QED) is 0.792. The fraction of sp³-hybridized carbons (Fsp3) is 0.375. The van der Waals surface area contributed by atoms with Gasteiger partial charge in [-0.05, 0) is 25.3 Å². The van der Waals surface area contributed by atoms with Crippen LogP contribution in [0.5, 0.6) is 0 Å². The standard InChI is InChI=1S/C16H19NO3/c1-3-7-12(2)15(18)17-14(11-20-16(17)19)10-13-8-5-4-6-9-13/h4-9,14H,3,10-11H2,1-2H3/b12-7+/t14-/m0/s1. The second-order valence-corrected chi connectivity index (χ2v) is 4.89. The van der Waals surface area contributed by atoms with E-state index in [1.165, 1.54) is 4.90 Å². The zero-order valence-electron chi connectivity index (χ0n) is 11.8. The first-order valence-corrected chi connectivity index (χ1v) is 6.84. The van der Waals surface area contributed by atoms with E-state index in [9.17, 15) is 9.59 Å². The van der Waals surface area contributed by atoms with E-state index in [4.69, 9.17) is 4.74 Å². The molecule has 1 saturated heterocycles. The molecule has 0 unspecified atom stereocenters. The molecule has 1 heterocycles. The number of carbonyl (C=O) groups is 2. The lowest BCUT2D eigenvalue weighted by Crippen LogP contribution is -2.40. The summed E-state index contributed by atoms with van der Waals surface area (Å²) in [6, 6.07) is 9.58. The van der Waals surface area contributed by atoms with Gasteiger partial charge in [-0.1, -0.05) is 43.3 Å². The SMILES string of the molecule is CC/C=C(\C)C(=O)N1C(=O)OC[C@@H]1Cc1ccccc1. The Balaban J connectivity index is 2.15. The maximum absolute atomic E-state index is 12.3. The fourth-order valence-electron chi connectivity index (χ4n) is 2.33. The molecule has 0 N–H and O–H groups in total. The maximum Gasteiger partial charge on any atom is 0.417 e. The van der Waals surface area contributed by atoms with Gasteiger partial charge in [-0.3, -0.25) is 4.79 Å². The van der Waals surface area contributed by atoms with Crippen molar-refractivity contribution in [1.29, 1.82) is 0 Å². The lowest BCUT2D eigenvalue weighted by Gasteiger charge is -2.20. The van der Waals surface area contributed by atoms with E-state index in [1.807, 2.05) is 43.3 Å². The molecular weight excluding hydrogens is 254 g/mol. The molecule has 20 heavy (non-hydrogen) atoms. The minimum Gasteiger partial charge on any atom is -0.447 e. The number of ether oxygens (including phenoxy) is 1. The van der Waals surface area contributed by atoms with Crippen molar-refractivity contribution in [2.24, 2.45) is 0 Å². The van der Waals surface area contributed by atoms with Crippen LogP contribution < -0.4 is 0 Å². The Bertz CT molecular complexity index is 522. The molecule has 106 valence electrons. The Kier molecular flexibility index (Phi) is 4.56. The zero-order chi connectivity index (χ0) is 14.5. The van der Waals surface area contributed by atoms with Gasteiger partial charge in [0.15, 0.2) is 0 Å². The normalized spacial score (nSPS) is 19.1. The van der Waals surface area contributed by atoms with Crippen molar-refractivity contribution in [3.8, 4) is 0 Å². The molecule has 1 fully saturated rings. The van der Waals surface area contributed by atoms with Gasteiger partial charge in [0.25, 0.3) is 5.91 Å². The van der Waals surface area contributed by atoms with Crippen LogP contribution in [0, 0.1) is 0 Å². The molecular formula is C16H19NO3. The Hall–Kier alpha value is -2.10. The number of rotatable bonds is 4. The van der Waals surface area contributed by atoms with Crippen molar-refractivity contribution >= 4 is 12.0 Å². The van der Waals surface area contributed by atoms with Gasteiger partial charge in [-0.25, -0.2) is 9.69 Å². The van der Waals surface area contributed by atoms with Gasteiger partial charge in [0.2, 0.25) is 0 Å². The van der Waals surface area contributed by atoms with Crippen molar-refractivity contribution < 1.29 is 14.3 Å². The topological polar surface area (TPSA) is 46.6 Å². The van der Waals surface area contributed by atoms with Crippen molar-refractivity contribution in [3.63, 3.8) is 0 Å². The first-order valence-electron chi connectivity index (χ1n) is 6.84. The number of amides is 2. The summed E-state index contributed by atoms with van der Waals surface area (Å²) in [4.78, 5) is 25.3. The summed E-state index contributed by atoms with van der Waals surface area (Å²) in [5.74, 6) is -0.254. The molecule has 4 nitrogen and oxygen atoms in total. The van der Waals surface area contributed by atoms with Crippen LogP contribution in [0.4, 0.5) is 4.79 Å². The highest BCUT2D eigenvalue weighted by molar-refractivity contribution is 6.03. The maximum atomic E-state index is 12.3. The Morgan fingerprint density at radius 1 is 1.40 bits per heavy atom. The molecule has 1 atom stereocenters. The summed E-state index contributed by atoms with van der Waals surface area (Å²) in [5.41, 5.74) is 1.68. The highest BCUT2D eigenvalue weighted by atomic mass is 16.6. The summed E-state index contributed by atoms with van der Waals surface area (Å²) in [5, 5.41) is 0. The molecule has 0 spiro atoms. The molecule has 1 aliphatic heterocycles. The van der Waals surface area contributed by atoms with E-state index in [0.717, 1.165) is 12.0 Å². The van der Waals surface area contributed by atoms with Crippen LogP contribution in [0.15, 0.2) is 42.0 Å². The lowest BCUT2D eigenvalue weighted by atomic mass is 10.1. The molecule has 0 saturated carbocycles. The first kappa shape index (κ1) is 14.3. The third-order valence-corrected chi connectivity index (χ3v) is 3.34. The Morgan fingerprint density at radius 3 is 2.75 bits per heavy atom. The lowest BCUT2D eigenvalue weighted by molar-refractivity contribution is -0.125. The highest BCUT2D eigenvalue weighted by Gasteiger charge is 2.38. The van der Waals surface area contributed by atoms with Crippen molar-refractivity contribution in [2.45, 2.75) is 32.7 Å².